The Morgan fingerprint density at radius 2 is 1.91 bits per heavy atom. The average molecular weight is 348 g/mol. The molecule has 1 rings (SSSR count). The van der Waals surface area contributed by atoms with Crippen molar-refractivity contribution >= 4 is 15.9 Å². The van der Waals surface area contributed by atoms with E-state index in [4.69, 9.17) is 0 Å². The minimum atomic E-state index is -3.26. The molecule has 5 nitrogen and oxygen atoms in total. The number of urea groups is 1. The van der Waals surface area contributed by atoms with E-state index in [1.807, 2.05) is 0 Å². The summed E-state index contributed by atoms with van der Waals surface area (Å²) in [5.41, 5.74) is 0.298. The van der Waals surface area contributed by atoms with Crippen molar-refractivity contribution < 1.29 is 22.0 Å². The molecule has 0 aliphatic heterocycles. The van der Waals surface area contributed by atoms with Gasteiger partial charge in [0.15, 0.2) is 9.84 Å². The standard InChI is InChI=1S/C15H22F2N2O3S/c1-10(11(2)23(4,21)22)19(3)15(20)18-8-7-12-5-6-13(16)9-14(12)17/h5-6,9-11H,7-8H2,1-4H3,(H,18,20). The molecule has 0 spiro atoms. The summed E-state index contributed by atoms with van der Waals surface area (Å²) in [4.78, 5) is 13.3. The van der Waals surface area contributed by atoms with Gasteiger partial charge in [-0.3, -0.25) is 0 Å². The highest BCUT2D eigenvalue weighted by atomic mass is 32.2. The van der Waals surface area contributed by atoms with Crippen LogP contribution in [-0.4, -0.2) is 50.5 Å². The molecule has 0 bridgehead atoms. The SMILES string of the molecule is CC(C(C)S(C)(=O)=O)N(C)C(=O)NCCc1ccc(F)cc1F. The minimum Gasteiger partial charge on any atom is -0.338 e. The molecular weight excluding hydrogens is 326 g/mol. The van der Waals surface area contributed by atoms with E-state index in [0.29, 0.717) is 5.56 Å². The van der Waals surface area contributed by atoms with Gasteiger partial charge in [-0.15, -0.1) is 0 Å². The molecule has 0 aliphatic carbocycles. The van der Waals surface area contributed by atoms with Crippen LogP contribution in [0.3, 0.4) is 0 Å². The molecule has 2 amide bonds. The number of hydrogen-bond donors (Lipinski definition) is 1. The first-order valence-electron chi connectivity index (χ1n) is 7.17. The first kappa shape index (κ1) is 19.3. The van der Waals surface area contributed by atoms with Crippen LogP contribution in [0.1, 0.15) is 19.4 Å². The summed E-state index contributed by atoms with van der Waals surface area (Å²) in [5, 5.41) is 1.89. The zero-order valence-electron chi connectivity index (χ0n) is 13.6. The number of rotatable bonds is 6. The number of nitrogens with one attached hydrogen (secondary N) is 1. The lowest BCUT2D eigenvalue weighted by atomic mass is 10.1. The lowest BCUT2D eigenvalue weighted by molar-refractivity contribution is 0.193. The molecule has 130 valence electrons. The predicted molar refractivity (Wildman–Crippen MR) is 85.0 cm³/mol. The Balaban J connectivity index is 2.56. The number of hydrogen-bond acceptors (Lipinski definition) is 3. The number of carbonyl (C=O) groups excluding carboxylic acids is 1. The van der Waals surface area contributed by atoms with Gasteiger partial charge in [-0.25, -0.2) is 22.0 Å². The molecule has 23 heavy (non-hydrogen) atoms. The van der Waals surface area contributed by atoms with E-state index in [-0.39, 0.29) is 13.0 Å². The van der Waals surface area contributed by atoms with E-state index < -0.39 is 38.8 Å². The van der Waals surface area contributed by atoms with Gasteiger partial charge in [0.1, 0.15) is 11.6 Å². The molecule has 0 heterocycles. The van der Waals surface area contributed by atoms with Gasteiger partial charge in [0.25, 0.3) is 0 Å². The highest BCUT2D eigenvalue weighted by molar-refractivity contribution is 7.91. The Kier molecular flexibility index (Phi) is 6.49. The van der Waals surface area contributed by atoms with Crippen molar-refractivity contribution in [3.63, 3.8) is 0 Å². The fourth-order valence-electron chi connectivity index (χ4n) is 2.01. The lowest BCUT2D eigenvalue weighted by Crippen LogP contribution is -2.48. The molecule has 0 aliphatic rings. The van der Waals surface area contributed by atoms with E-state index in [0.717, 1.165) is 18.4 Å². The summed E-state index contributed by atoms with van der Waals surface area (Å²) in [6, 6.07) is 2.32. The van der Waals surface area contributed by atoms with Crippen LogP contribution < -0.4 is 5.32 Å². The summed E-state index contributed by atoms with van der Waals surface area (Å²) >= 11 is 0. The van der Waals surface area contributed by atoms with Crippen LogP contribution >= 0.6 is 0 Å². The fraction of sp³-hybridized carbons (Fsp3) is 0.533. The maximum absolute atomic E-state index is 13.5. The van der Waals surface area contributed by atoms with Crippen LogP contribution in [0.15, 0.2) is 18.2 Å². The van der Waals surface area contributed by atoms with E-state index in [9.17, 15) is 22.0 Å². The number of benzene rings is 1. The zero-order chi connectivity index (χ0) is 17.8. The molecule has 1 aromatic rings. The maximum Gasteiger partial charge on any atom is 0.317 e. The summed E-state index contributed by atoms with van der Waals surface area (Å²) < 4.78 is 49.3. The molecule has 8 heteroatoms. The highest BCUT2D eigenvalue weighted by Gasteiger charge is 2.27. The van der Waals surface area contributed by atoms with E-state index in [2.05, 4.69) is 5.32 Å². The van der Waals surface area contributed by atoms with Crippen LogP contribution in [-0.2, 0) is 16.3 Å². The monoisotopic (exact) mass is 348 g/mol. The van der Waals surface area contributed by atoms with Gasteiger partial charge in [-0.05, 0) is 31.9 Å². The molecule has 0 fully saturated rings. The van der Waals surface area contributed by atoms with E-state index in [1.54, 1.807) is 6.92 Å². The van der Waals surface area contributed by atoms with Crippen molar-refractivity contribution in [2.45, 2.75) is 31.6 Å². The number of sulfone groups is 1. The van der Waals surface area contributed by atoms with Crippen LogP contribution in [0.2, 0.25) is 0 Å². The second kappa shape index (κ2) is 7.72. The lowest BCUT2D eigenvalue weighted by Gasteiger charge is -2.29. The van der Waals surface area contributed by atoms with Crippen molar-refractivity contribution in [1.29, 1.82) is 0 Å². The molecule has 0 saturated heterocycles. The topological polar surface area (TPSA) is 66.5 Å². The van der Waals surface area contributed by atoms with E-state index in [1.165, 1.54) is 24.9 Å². The van der Waals surface area contributed by atoms with Gasteiger partial charge in [0.2, 0.25) is 0 Å². The Bertz CT molecular complexity index is 665. The van der Waals surface area contributed by atoms with Crippen molar-refractivity contribution in [2.24, 2.45) is 0 Å². The van der Waals surface area contributed by atoms with Gasteiger partial charge in [-0.2, -0.15) is 0 Å². The second-order valence-corrected chi connectivity index (χ2v) is 8.01. The van der Waals surface area contributed by atoms with Crippen LogP contribution in [0.25, 0.3) is 0 Å². The predicted octanol–water partition coefficient (Wildman–Crippen LogP) is 1.97. The fourth-order valence-corrected chi connectivity index (χ4v) is 2.91. The Morgan fingerprint density at radius 1 is 1.30 bits per heavy atom. The quantitative estimate of drug-likeness (QED) is 0.855. The van der Waals surface area contributed by atoms with Crippen LogP contribution in [0.4, 0.5) is 13.6 Å². The van der Waals surface area contributed by atoms with Gasteiger partial charge in [0.05, 0.1) is 5.25 Å². The summed E-state index contributed by atoms with van der Waals surface area (Å²) in [7, 11) is -1.76. The third kappa shape index (κ3) is 5.46. The molecule has 1 aromatic carbocycles. The van der Waals surface area contributed by atoms with E-state index >= 15 is 0 Å². The van der Waals surface area contributed by atoms with Crippen molar-refractivity contribution in [2.75, 3.05) is 19.8 Å². The highest BCUT2D eigenvalue weighted by Crippen LogP contribution is 2.11. The maximum atomic E-state index is 13.5. The summed E-state index contributed by atoms with van der Waals surface area (Å²) in [6.07, 6.45) is 1.33. The smallest absolute Gasteiger partial charge is 0.317 e. The van der Waals surface area contributed by atoms with Gasteiger partial charge >= 0.3 is 6.03 Å². The van der Waals surface area contributed by atoms with Crippen molar-refractivity contribution in [3.05, 3.63) is 35.4 Å². The van der Waals surface area contributed by atoms with Crippen LogP contribution in [0.5, 0.6) is 0 Å². The normalized spacial score (nSPS) is 14.2. The molecule has 1 N–H and O–H groups in total. The Hall–Kier alpha value is -1.70. The van der Waals surface area contributed by atoms with Gasteiger partial charge in [0, 0.05) is 32.0 Å². The molecular formula is C15H22F2N2O3S. The second-order valence-electron chi connectivity index (χ2n) is 5.60. The number of halogens is 2. The molecule has 2 atom stereocenters. The molecule has 0 aromatic heterocycles. The molecule has 0 radical (unpaired) electrons. The first-order chi connectivity index (χ1) is 10.5. The first-order valence-corrected chi connectivity index (χ1v) is 9.13. The number of amides is 2. The average Bonchev–Trinajstić information content (AvgIpc) is 2.46. The van der Waals surface area contributed by atoms with Gasteiger partial charge < -0.3 is 10.2 Å². The molecule has 2 unspecified atom stereocenters. The summed E-state index contributed by atoms with van der Waals surface area (Å²) in [6.45, 7) is 3.34. The molecule has 0 saturated carbocycles. The van der Waals surface area contributed by atoms with Crippen LogP contribution in [0, 0.1) is 11.6 Å². The Labute approximate surface area is 135 Å². The number of nitrogens with zero attached hydrogens (tertiary/aromatic N) is 1. The zero-order valence-corrected chi connectivity index (χ0v) is 14.5. The van der Waals surface area contributed by atoms with Crippen molar-refractivity contribution in [3.8, 4) is 0 Å². The number of carbonyl (C=O) groups is 1. The summed E-state index contributed by atoms with van der Waals surface area (Å²) in [5.74, 6) is -1.31. The van der Waals surface area contributed by atoms with Crippen molar-refractivity contribution in [1.82, 2.24) is 10.2 Å². The Morgan fingerprint density at radius 3 is 2.43 bits per heavy atom. The third-order valence-electron chi connectivity index (χ3n) is 3.97. The van der Waals surface area contributed by atoms with Gasteiger partial charge in [-0.1, -0.05) is 6.07 Å². The largest absolute Gasteiger partial charge is 0.338 e. The third-order valence-corrected chi connectivity index (χ3v) is 5.72. The minimum absolute atomic E-state index is 0.158.